The fourth-order valence-corrected chi connectivity index (χ4v) is 7.52. The van der Waals surface area contributed by atoms with E-state index in [4.69, 9.17) is 23.7 Å². The average molecular weight is 643 g/mol. The molecule has 42 heavy (non-hydrogen) atoms. The molecule has 0 unspecified atom stereocenters. The monoisotopic (exact) mass is 642 g/mol. The molecule has 0 aliphatic carbocycles. The molecule has 10 nitrogen and oxygen atoms in total. The summed E-state index contributed by atoms with van der Waals surface area (Å²) < 4.78 is 29.5. The van der Waals surface area contributed by atoms with Gasteiger partial charge in [-0.3, -0.25) is 14.2 Å². The molecule has 1 aliphatic rings. The van der Waals surface area contributed by atoms with Crippen LogP contribution in [0.25, 0.3) is 0 Å². The molecule has 0 bridgehead atoms. The number of aromatic nitrogens is 2. The van der Waals surface area contributed by atoms with E-state index in [0.717, 1.165) is 0 Å². The van der Waals surface area contributed by atoms with Crippen LogP contribution in [-0.2, 0) is 22.8 Å². The van der Waals surface area contributed by atoms with Crippen LogP contribution in [0.15, 0.2) is 6.33 Å². The van der Waals surface area contributed by atoms with Crippen LogP contribution in [0.4, 0.5) is 5.82 Å². The lowest BCUT2D eigenvalue weighted by Crippen LogP contribution is -2.54. The van der Waals surface area contributed by atoms with Gasteiger partial charge < -0.3 is 29.1 Å². The summed E-state index contributed by atoms with van der Waals surface area (Å²) in [5, 5.41) is 2.61. The quantitative estimate of drug-likeness (QED) is 0.274. The van der Waals surface area contributed by atoms with Gasteiger partial charge in [-0.1, -0.05) is 62.3 Å². The lowest BCUT2D eigenvalue weighted by molar-refractivity contribution is -0.114. The van der Waals surface area contributed by atoms with E-state index in [-0.39, 0.29) is 32.5 Å². The average Bonchev–Trinajstić information content (AvgIpc) is 3.30. The molecule has 1 aromatic rings. The normalized spacial score (nSPS) is 22.9. The van der Waals surface area contributed by atoms with Crippen LogP contribution in [0.3, 0.4) is 0 Å². The number of hydrogen-bond donors (Lipinski definition) is 2. The smallest absolute Gasteiger partial charge is 0.271 e. The molecular weight excluding hydrogens is 585 g/mol. The summed E-state index contributed by atoms with van der Waals surface area (Å²) in [5.41, 5.74) is 5.61. The van der Waals surface area contributed by atoms with Gasteiger partial charge in [0, 0.05) is 6.92 Å². The molecule has 0 spiro atoms. The number of carbonyl (C=O) groups is 2. The zero-order chi connectivity index (χ0) is 32.9. The van der Waals surface area contributed by atoms with E-state index in [9.17, 15) is 9.59 Å². The van der Waals surface area contributed by atoms with Crippen molar-refractivity contribution >= 4 is 42.6 Å². The van der Waals surface area contributed by atoms with E-state index in [2.05, 4.69) is 112 Å². The molecule has 3 N–H and O–H groups in total. The summed E-state index contributed by atoms with van der Waals surface area (Å²) in [6.07, 6.45) is -0.741. The predicted octanol–water partition coefficient (Wildman–Crippen LogP) is 6.64. The van der Waals surface area contributed by atoms with Crippen molar-refractivity contribution in [2.24, 2.45) is 5.73 Å². The first kappa shape index (κ1) is 36.8. The van der Waals surface area contributed by atoms with Crippen molar-refractivity contribution in [3.63, 3.8) is 0 Å². The summed E-state index contributed by atoms with van der Waals surface area (Å²) >= 11 is 0. The van der Waals surface area contributed by atoms with Gasteiger partial charge in [0.25, 0.3) is 5.91 Å². The van der Waals surface area contributed by atoms with Crippen molar-refractivity contribution < 1.29 is 27.6 Å². The van der Waals surface area contributed by atoms with Crippen molar-refractivity contribution in [3.8, 4) is 0 Å². The third-order valence-electron chi connectivity index (χ3n) is 9.77. The molecule has 242 valence electrons. The number of ether oxygens (including phenoxy) is 1. The summed E-state index contributed by atoms with van der Waals surface area (Å²) in [6.45, 7) is 34.8. The molecule has 0 aromatic carbocycles. The second-order valence-electron chi connectivity index (χ2n) is 16.2. The van der Waals surface area contributed by atoms with Gasteiger partial charge in [-0.25, -0.2) is 4.98 Å². The van der Waals surface area contributed by atoms with Gasteiger partial charge >= 0.3 is 0 Å². The van der Waals surface area contributed by atoms with Crippen molar-refractivity contribution in [2.75, 3.05) is 11.9 Å². The fourth-order valence-electron chi connectivity index (χ4n) is 3.90. The SMILES string of the molecule is CC(=O)Nc1c(C(N)=O)ncn1[C@@H]1O[C@H](CO[Si](C)(C)C(C)(C)C)[C@@H](O[Si](C)(C)C(C)(C)C)[C@H]1O[Si](C)(C)C(C)(C)C. The zero-order valence-corrected chi connectivity index (χ0v) is 32.0. The minimum absolute atomic E-state index is 0.0111. The predicted molar refractivity (Wildman–Crippen MR) is 176 cm³/mol. The van der Waals surface area contributed by atoms with Gasteiger partial charge in [0.2, 0.25) is 5.91 Å². The second kappa shape index (κ2) is 12.2. The van der Waals surface area contributed by atoms with Crippen LogP contribution < -0.4 is 11.1 Å². The number of nitrogens with zero attached hydrogens (tertiary/aromatic N) is 2. The highest BCUT2D eigenvalue weighted by Crippen LogP contribution is 2.47. The van der Waals surface area contributed by atoms with Crippen molar-refractivity contribution in [1.82, 2.24) is 9.55 Å². The molecular formula is C29H58N4O6Si3. The molecule has 1 aromatic heterocycles. The van der Waals surface area contributed by atoms with Gasteiger partial charge in [-0.15, -0.1) is 0 Å². The third-order valence-corrected chi connectivity index (χ3v) is 23.2. The Morgan fingerprint density at radius 1 is 0.881 bits per heavy atom. The Morgan fingerprint density at radius 2 is 1.33 bits per heavy atom. The first-order chi connectivity index (χ1) is 18.6. The summed E-state index contributed by atoms with van der Waals surface area (Å²) in [6, 6.07) is 0. The highest BCUT2D eigenvalue weighted by atomic mass is 28.4. The molecule has 13 heteroatoms. The van der Waals surface area contributed by atoms with Crippen molar-refractivity contribution in [1.29, 1.82) is 0 Å². The third kappa shape index (κ3) is 8.02. The topological polar surface area (TPSA) is 127 Å². The first-order valence-corrected chi connectivity index (χ1v) is 23.6. The number of anilines is 1. The minimum Gasteiger partial charge on any atom is -0.414 e. The van der Waals surface area contributed by atoms with E-state index in [0.29, 0.717) is 6.61 Å². The number of amides is 2. The minimum atomic E-state index is -2.38. The molecule has 2 heterocycles. The van der Waals surface area contributed by atoms with Gasteiger partial charge in [0.05, 0.1) is 12.9 Å². The second-order valence-corrected chi connectivity index (χ2v) is 30.5. The van der Waals surface area contributed by atoms with Crippen LogP contribution in [0.1, 0.15) is 86.0 Å². The number of hydrogen-bond acceptors (Lipinski definition) is 7. The summed E-state index contributed by atoms with van der Waals surface area (Å²) in [4.78, 5) is 28.8. The molecule has 0 saturated carbocycles. The summed E-state index contributed by atoms with van der Waals surface area (Å²) in [7, 11) is -6.84. The van der Waals surface area contributed by atoms with Crippen LogP contribution >= 0.6 is 0 Å². The van der Waals surface area contributed by atoms with Crippen LogP contribution in [-0.4, -0.2) is 71.2 Å². The maximum Gasteiger partial charge on any atom is 0.271 e. The molecule has 2 amide bonds. The van der Waals surface area contributed by atoms with E-state index in [1.807, 2.05) is 0 Å². The standard InChI is InChI=1S/C29H58N4O6Si3/c1-19(34)32-25-21(24(30)35)31-18-33(25)26-23(39-42(15,16)29(8,9)10)22(38-41(13,14)28(5,6)7)20(37-26)17-36-40(11,12)27(2,3)4/h18,20,22-23,26H,17H2,1-16H3,(H2,30,35)(H,32,34)/t20-,22-,23-,26-/m1/s1. The molecule has 0 radical (unpaired) electrons. The Morgan fingerprint density at radius 3 is 1.74 bits per heavy atom. The number of nitrogens with two attached hydrogens (primary N) is 1. The van der Waals surface area contributed by atoms with E-state index in [1.54, 1.807) is 4.57 Å². The Hall–Kier alpha value is -1.36. The molecule has 4 atom stereocenters. The number of carbonyl (C=O) groups excluding carboxylic acids is 2. The van der Waals surface area contributed by atoms with Crippen molar-refractivity contribution in [3.05, 3.63) is 12.0 Å². The molecule has 1 aliphatic heterocycles. The lowest BCUT2D eigenvalue weighted by atomic mass is 10.1. The molecule has 1 saturated heterocycles. The van der Waals surface area contributed by atoms with Crippen molar-refractivity contribution in [2.45, 2.75) is 148 Å². The van der Waals surface area contributed by atoms with Gasteiger partial charge in [-0.05, 0) is 54.4 Å². The van der Waals surface area contributed by atoms with Gasteiger partial charge in [-0.2, -0.15) is 0 Å². The van der Waals surface area contributed by atoms with Crippen LogP contribution in [0.2, 0.25) is 54.4 Å². The Balaban J connectivity index is 2.76. The maximum atomic E-state index is 12.3. The molecule has 2 rings (SSSR count). The zero-order valence-electron chi connectivity index (χ0n) is 29.0. The fraction of sp³-hybridized carbons (Fsp3) is 0.828. The van der Waals surface area contributed by atoms with E-state index in [1.165, 1.54) is 13.3 Å². The highest BCUT2D eigenvalue weighted by molar-refractivity contribution is 6.75. The number of rotatable bonds is 10. The van der Waals surface area contributed by atoms with Gasteiger partial charge in [0.1, 0.15) is 24.1 Å². The van der Waals surface area contributed by atoms with Crippen LogP contribution in [0.5, 0.6) is 0 Å². The maximum absolute atomic E-state index is 12.3. The highest BCUT2D eigenvalue weighted by Gasteiger charge is 2.55. The number of imidazole rings is 1. The lowest BCUT2D eigenvalue weighted by Gasteiger charge is -2.44. The van der Waals surface area contributed by atoms with E-state index < -0.39 is 55.4 Å². The van der Waals surface area contributed by atoms with E-state index >= 15 is 0 Å². The first-order valence-electron chi connectivity index (χ1n) is 14.9. The largest absolute Gasteiger partial charge is 0.414 e. The summed E-state index contributed by atoms with van der Waals surface area (Å²) in [5.74, 6) is -0.920. The Labute approximate surface area is 257 Å². The van der Waals surface area contributed by atoms with Crippen LogP contribution in [0, 0.1) is 0 Å². The Kier molecular flexibility index (Phi) is 10.7. The number of nitrogens with one attached hydrogen (secondary N) is 1. The van der Waals surface area contributed by atoms with Gasteiger partial charge in [0.15, 0.2) is 36.9 Å². The Bertz CT molecular complexity index is 1130. The molecule has 1 fully saturated rings. The number of primary amides is 1.